The monoisotopic (exact) mass is 310 g/mol. The maximum Gasteiger partial charge on any atom is 0.123 e. The average Bonchev–Trinajstić information content (AvgIpc) is 2.99. The number of rotatable bonds is 3. The molecule has 2 N–H and O–H groups in total. The molecule has 0 aromatic heterocycles. The first-order valence-electron chi connectivity index (χ1n) is 8.79. The zero-order valence-corrected chi connectivity index (χ0v) is 13.9. The van der Waals surface area contributed by atoms with E-state index in [-0.39, 0.29) is 0 Å². The minimum atomic E-state index is 0.396. The molecule has 2 fully saturated rings. The van der Waals surface area contributed by atoms with Gasteiger partial charge >= 0.3 is 0 Å². The summed E-state index contributed by atoms with van der Waals surface area (Å²) in [5.74, 6) is 2.48. The fourth-order valence-electron chi connectivity index (χ4n) is 4.63. The van der Waals surface area contributed by atoms with Gasteiger partial charge in [-0.3, -0.25) is 4.90 Å². The van der Waals surface area contributed by atoms with Gasteiger partial charge in [0.1, 0.15) is 5.75 Å². The van der Waals surface area contributed by atoms with Crippen molar-refractivity contribution in [3.63, 3.8) is 0 Å². The third-order valence-electron chi connectivity index (χ3n) is 5.83. The number of nitrogens with two attached hydrogens (primary N) is 1. The van der Waals surface area contributed by atoms with E-state index >= 15 is 0 Å². The molecule has 1 aliphatic carbocycles. The Morgan fingerprint density at radius 1 is 1.13 bits per heavy atom. The predicted octanol–water partition coefficient (Wildman–Crippen LogP) is 3.41. The van der Waals surface area contributed by atoms with E-state index in [2.05, 4.69) is 41.3 Å². The zero-order chi connectivity index (χ0) is 15.8. The van der Waals surface area contributed by atoms with Crippen LogP contribution in [0.5, 0.6) is 5.75 Å². The molecule has 1 heterocycles. The first-order valence-corrected chi connectivity index (χ1v) is 8.79. The number of ether oxygens (including phenoxy) is 1. The van der Waals surface area contributed by atoms with Crippen LogP contribution in [0.4, 0.5) is 0 Å². The lowest BCUT2D eigenvalue weighted by atomic mass is 9.78. The van der Waals surface area contributed by atoms with Gasteiger partial charge in [-0.25, -0.2) is 0 Å². The van der Waals surface area contributed by atoms with Crippen LogP contribution in [0.3, 0.4) is 0 Å². The summed E-state index contributed by atoms with van der Waals surface area (Å²) < 4.78 is 5.65. The third-order valence-corrected chi connectivity index (χ3v) is 5.83. The Balaban J connectivity index is 1.63. The normalized spacial score (nSPS) is 28.0. The Morgan fingerprint density at radius 2 is 2.00 bits per heavy atom. The Kier molecular flexibility index (Phi) is 4.00. The second kappa shape index (κ2) is 6.14. The molecule has 1 saturated carbocycles. The quantitative estimate of drug-likeness (QED) is 0.944. The Hall–Kier alpha value is -1.58. The van der Waals surface area contributed by atoms with Crippen molar-refractivity contribution in [3.8, 4) is 5.75 Å². The van der Waals surface area contributed by atoms with Gasteiger partial charge in [0.05, 0.1) is 7.11 Å². The first kappa shape index (κ1) is 15.0. The molecule has 1 aliphatic heterocycles. The largest absolute Gasteiger partial charge is 0.496 e. The molecule has 3 nitrogen and oxygen atoms in total. The Labute approximate surface area is 138 Å². The SMILES string of the molecule is COc1ccc2ccccc2c1CN1CC2CCCC(N)C2C1. The summed E-state index contributed by atoms with van der Waals surface area (Å²) in [4.78, 5) is 2.59. The number of hydrogen-bond donors (Lipinski definition) is 1. The summed E-state index contributed by atoms with van der Waals surface area (Å²) in [6.07, 6.45) is 3.85. The Bertz CT molecular complexity index is 699. The van der Waals surface area contributed by atoms with Crippen molar-refractivity contribution in [2.45, 2.75) is 31.8 Å². The topological polar surface area (TPSA) is 38.5 Å². The minimum Gasteiger partial charge on any atom is -0.496 e. The highest BCUT2D eigenvalue weighted by molar-refractivity contribution is 5.87. The van der Waals surface area contributed by atoms with Crippen LogP contribution in [0, 0.1) is 11.8 Å². The van der Waals surface area contributed by atoms with Crippen LogP contribution in [0.2, 0.25) is 0 Å². The van der Waals surface area contributed by atoms with E-state index in [1.54, 1.807) is 7.11 Å². The maximum absolute atomic E-state index is 6.37. The molecule has 2 aliphatic rings. The molecule has 1 saturated heterocycles. The van der Waals surface area contributed by atoms with Gasteiger partial charge in [0.15, 0.2) is 0 Å². The molecule has 23 heavy (non-hydrogen) atoms. The van der Waals surface area contributed by atoms with Crippen LogP contribution in [-0.4, -0.2) is 31.1 Å². The summed E-state index contributed by atoms with van der Waals surface area (Å²) in [6, 6.07) is 13.3. The van der Waals surface area contributed by atoms with Gasteiger partial charge < -0.3 is 10.5 Å². The number of methoxy groups -OCH3 is 1. The van der Waals surface area contributed by atoms with E-state index in [4.69, 9.17) is 10.5 Å². The van der Waals surface area contributed by atoms with Gasteiger partial charge in [-0.05, 0) is 41.5 Å². The van der Waals surface area contributed by atoms with E-state index in [9.17, 15) is 0 Å². The van der Waals surface area contributed by atoms with Crippen LogP contribution >= 0.6 is 0 Å². The molecule has 3 atom stereocenters. The van der Waals surface area contributed by atoms with Crippen LogP contribution in [0.15, 0.2) is 36.4 Å². The molecule has 122 valence electrons. The van der Waals surface area contributed by atoms with Gasteiger partial charge in [0.25, 0.3) is 0 Å². The van der Waals surface area contributed by atoms with Crippen molar-refractivity contribution in [2.24, 2.45) is 17.6 Å². The van der Waals surface area contributed by atoms with E-state index in [0.717, 1.165) is 24.8 Å². The molecule has 3 heteroatoms. The molecule has 0 bridgehead atoms. The maximum atomic E-state index is 6.37. The molecular weight excluding hydrogens is 284 g/mol. The highest BCUT2D eigenvalue weighted by Gasteiger charge is 2.38. The number of hydrogen-bond acceptors (Lipinski definition) is 3. The average molecular weight is 310 g/mol. The number of benzene rings is 2. The van der Waals surface area contributed by atoms with Gasteiger partial charge in [-0.2, -0.15) is 0 Å². The van der Waals surface area contributed by atoms with Crippen molar-refractivity contribution < 1.29 is 4.74 Å². The molecule has 2 aromatic rings. The predicted molar refractivity (Wildman–Crippen MR) is 94.6 cm³/mol. The Morgan fingerprint density at radius 3 is 2.83 bits per heavy atom. The number of nitrogens with zero attached hydrogens (tertiary/aromatic N) is 1. The van der Waals surface area contributed by atoms with Crippen molar-refractivity contribution >= 4 is 10.8 Å². The van der Waals surface area contributed by atoms with Crippen LogP contribution in [0.1, 0.15) is 24.8 Å². The molecule has 2 aromatic carbocycles. The zero-order valence-electron chi connectivity index (χ0n) is 13.9. The van der Waals surface area contributed by atoms with E-state index in [1.807, 2.05) is 0 Å². The van der Waals surface area contributed by atoms with Crippen LogP contribution in [0.25, 0.3) is 10.8 Å². The summed E-state index contributed by atoms with van der Waals surface area (Å²) in [7, 11) is 1.77. The fourth-order valence-corrected chi connectivity index (χ4v) is 4.63. The standard InChI is InChI=1S/C20H26N2O/c1-23-20-10-9-14-5-2-3-7-16(14)18(20)13-22-11-15-6-4-8-19(21)17(15)12-22/h2-3,5,7,9-10,15,17,19H,4,6,8,11-13,21H2,1H3. The van der Waals surface area contributed by atoms with Gasteiger partial charge in [-0.15, -0.1) is 0 Å². The second-order valence-electron chi connectivity index (χ2n) is 7.18. The summed E-state index contributed by atoms with van der Waals surface area (Å²) in [5, 5.41) is 2.60. The smallest absolute Gasteiger partial charge is 0.123 e. The first-order chi connectivity index (χ1) is 11.3. The van der Waals surface area contributed by atoms with Crippen molar-refractivity contribution in [1.29, 1.82) is 0 Å². The minimum absolute atomic E-state index is 0.396. The lowest BCUT2D eigenvalue weighted by Gasteiger charge is -2.29. The second-order valence-corrected chi connectivity index (χ2v) is 7.18. The molecule has 4 rings (SSSR count). The fraction of sp³-hybridized carbons (Fsp3) is 0.500. The van der Waals surface area contributed by atoms with Crippen molar-refractivity contribution in [2.75, 3.05) is 20.2 Å². The van der Waals surface area contributed by atoms with Gasteiger partial charge in [0, 0.05) is 31.2 Å². The molecular formula is C20H26N2O. The summed E-state index contributed by atoms with van der Waals surface area (Å²) in [6.45, 7) is 3.28. The van der Waals surface area contributed by atoms with E-state index < -0.39 is 0 Å². The number of fused-ring (bicyclic) bond motifs is 2. The third kappa shape index (κ3) is 2.73. The summed E-state index contributed by atoms with van der Waals surface area (Å²) in [5.41, 5.74) is 7.69. The van der Waals surface area contributed by atoms with E-state index in [1.165, 1.54) is 42.1 Å². The molecule has 0 spiro atoms. The van der Waals surface area contributed by atoms with Crippen molar-refractivity contribution in [1.82, 2.24) is 4.90 Å². The molecule has 0 amide bonds. The van der Waals surface area contributed by atoms with Crippen LogP contribution in [-0.2, 0) is 6.54 Å². The number of likely N-dealkylation sites (tertiary alicyclic amines) is 1. The lowest BCUT2D eigenvalue weighted by Crippen LogP contribution is -2.38. The summed E-state index contributed by atoms with van der Waals surface area (Å²) >= 11 is 0. The van der Waals surface area contributed by atoms with Gasteiger partial charge in [0.2, 0.25) is 0 Å². The van der Waals surface area contributed by atoms with Gasteiger partial charge in [-0.1, -0.05) is 36.8 Å². The van der Waals surface area contributed by atoms with Crippen LogP contribution < -0.4 is 10.5 Å². The molecule has 0 radical (unpaired) electrons. The lowest BCUT2D eigenvalue weighted by molar-refractivity contribution is 0.259. The van der Waals surface area contributed by atoms with E-state index in [0.29, 0.717) is 12.0 Å². The highest BCUT2D eigenvalue weighted by Crippen LogP contribution is 2.37. The van der Waals surface area contributed by atoms with Crippen molar-refractivity contribution in [3.05, 3.63) is 42.0 Å². The molecule has 3 unspecified atom stereocenters. The highest BCUT2D eigenvalue weighted by atomic mass is 16.5.